The van der Waals surface area contributed by atoms with Crippen LogP contribution in [0.2, 0.25) is 0 Å². The summed E-state index contributed by atoms with van der Waals surface area (Å²) < 4.78 is 0. The Kier molecular flexibility index (Phi) is 3.92. The molecular weight excluding hydrogens is 336 g/mol. The summed E-state index contributed by atoms with van der Waals surface area (Å²) in [6, 6.07) is 16.0. The molecule has 118 valence electrons. The molecule has 0 fully saturated rings. The highest BCUT2D eigenvalue weighted by Gasteiger charge is 2.12. The van der Waals surface area contributed by atoms with Crippen LogP contribution < -0.4 is 11.5 Å². The van der Waals surface area contributed by atoms with Crippen molar-refractivity contribution in [2.75, 3.05) is 11.5 Å². The van der Waals surface area contributed by atoms with Crippen LogP contribution in [0.15, 0.2) is 70.7 Å². The molecular formula is C18H14N4S2. The smallest absolute Gasteiger partial charge is 0.0715 e. The average molecular weight is 350 g/mol. The molecule has 4 aromatic rings. The number of benzene rings is 2. The lowest BCUT2D eigenvalue weighted by molar-refractivity contribution is 1.36. The molecule has 0 bridgehead atoms. The second kappa shape index (κ2) is 6.22. The summed E-state index contributed by atoms with van der Waals surface area (Å²) in [5, 5.41) is 2.10. The molecule has 0 saturated carbocycles. The molecule has 2 aromatic carbocycles. The van der Waals surface area contributed by atoms with Crippen molar-refractivity contribution >= 4 is 54.8 Å². The predicted octanol–water partition coefficient (Wildman–Crippen LogP) is 4.75. The third kappa shape index (κ3) is 2.64. The molecule has 0 aliphatic rings. The van der Waals surface area contributed by atoms with Gasteiger partial charge >= 0.3 is 0 Å². The fraction of sp³-hybridized carbons (Fsp3) is 0. The van der Waals surface area contributed by atoms with Gasteiger partial charge in [0.2, 0.25) is 0 Å². The predicted molar refractivity (Wildman–Crippen MR) is 104 cm³/mol. The van der Waals surface area contributed by atoms with Crippen molar-refractivity contribution in [1.82, 2.24) is 9.97 Å². The van der Waals surface area contributed by atoms with E-state index in [4.69, 9.17) is 11.5 Å². The monoisotopic (exact) mass is 350 g/mol. The number of rotatable bonds is 3. The van der Waals surface area contributed by atoms with Crippen LogP contribution in [-0.4, -0.2) is 9.97 Å². The van der Waals surface area contributed by atoms with Crippen LogP contribution >= 0.6 is 21.6 Å². The maximum Gasteiger partial charge on any atom is 0.0715 e. The SMILES string of the molecule is Nc1cnc2ccccc2c1SSc1c(N)cnc2ccccc12. The van der Waals surface area contributed by atoms with E-state index in [2.05, 4.69) is 9.97 Å². The Morgan fingerprint density at radius 1 is 0.625 bits per heavy atom. The number of anilines is 2. The van der Waals surface area contributed by atoms with E-state index in [-0.39, 0.29) is 0 Å². The third-order valence-corrected chi connectivity index (χ3v) is 6.29. The lowest BCUT2D eigenvalue weighted by Crippen LogP contribution is -1.93. The molecule has 6 heteroatoms. The Balaban J connectivity index is 1.77. The van der Waals surface area contributed by atoms with E-state index in [1.54, 1.807) is 34.0 Å². The molecule has 4 nitrogen and oxygen atoms in total. The molecule has 0 atom stereocenters. The van der Waals surface area contributed by atoms with Crippen molar-refractivity contribution < 1.29 is 0 Å². The Labute approximate surface area is 147 Å². The summed E-state index contributed by atoms with van der Waals surface area (Å²) >= 11 is 0. The van der Waals surface area contributed by atoms with Gasteiger partial charge in [0.15, 0.2) is 0 Å². The lowest BCUT2D eigenvalue weighted by Gasteiger charge is -2.11. The molecule has 2 aromatic heterocycles. The minimum Gasteiger partial charge on any atom is -0.397 e. The summed E-state index contributed by atoms with van der Waals surface area (Å²) in [6.07, 6.45) is 3.42. The minimum absolute atomic E-state index is 0.670. The number of fused-ring (bicyclic) bond motifs is 2. The summed E-state index contributed by atoms with van der Waals surface area (Å²) in [5.74, 6) is 0. The molecule has 0 radical (unpaired) electrons. The molecule has 0 saturated heterocycles. The van der Waals surface area contributed by atoms with Crippen LogP contribution in [0.4, 0.5) is 11.4 Å². The summed E-state index contributed by atoms with van der Waals surface area (Å²) in [5.41, 5.74) is 15.5. The van der Waals surface area contributed by atoms with E-state index < -0.39 is 0 Å². The topological polar surface area (TPSA) is 77.8 Å². The van der Waals surface area contributed by atoms with Gasteiger partial charge in [0.25, 0.3) is 0 Å². The molecule has 0 spiro atoms. The Morgan fingerprint density at radius 3 is 1.50 bits per heavy atom. The normalized spacial score (nSPS) is 11.2. The molecule has 24 heavy (non-hydrogen) atoms. The standard InChI is InChI=1S/C18H14N4S2/c19-13-9-21-15-7-3-1-5-11(15)17(13)23-24-18-12-6-2-4-8-16(12)22-10-14(18)20/h1-10H,19-20H2. The summed E-state index contributed by atoms with van der Waals surface area (Å²) in [4.78, 5) is 10.8. The highest BCUT2D eigenvalue weighted by atomic mass is 33.1. The number of hydrogen-bond donors (Lipinski definition) is 2. The maximum atomic E-state index is 6.16. The summed E-state index contributed by atoms with van der Waals surface area (Å²) in [7, 11) is 3.21. The number of hydrogen-bond acceptors (Lipinski definition) is 6. The van der Waals surface area contributed by atoms with Crippen molar-refractivity contribution in [3.63, 3.8) is 0 Å². The highest BCUT2D eigenvalue weighted by molar-refractivity contribution is 8.76. The van der Waals surface area contributed by atoms with Gasteiger partial charge in [-0.25, -0.2) is 0 Å². The summed E-state index contributed by atoms with van der Waals surface area (Å²) in [6.45, 7) is 0. The van der Waals surface area contributed by atoms with Gasteiger partial charge < -0.3 is 11.5 Å². The third-order valence-electron chi connectivity index (χ3n) is 3.72. The highest BCUT2D eigenvalue weighted by Crippen LogP contribution is 2.46. The van der Waals surface area contributed by atoms with E-state index >= 15 is 0 Å². The van der Waals surface area contributed by atoms with E-state index in [0.717, 1.165) is 31.6 Å². The number of nitrogen functional groups attached to an aromatic ring is 2. The van der Waals surface area contributed by atoms with Gasteiger partial charge in [0.05, 0.1) is 44.6 Å². The van der Waals surface area contributed by atoms with E-state index in [0.29, 0.717) is 11.4 Å². The zero-order chi connectivity index (χ0) is 16.5. The zero-order valence-electron chi connectivity index (χ0n) is 12.6. The number of para-hydroxylation sites is 2. The van der Waals surface area contributed by atoms with Crippen molar-refractivity contribution in [3.8, 4) is 0 Å². The minimum atomic E-state index is 0.670. The molecule has 0 unspecified atom stereocenters. The van der Waals surface area contributed by atoms with E-state index in [1.807, 2.05) is 48.5 Å². The van der Waals surface area contributed by atoms with Gasteiger partial charge in [0, 0.05) is 10.8 Å². The molecule has 4 N–H and O–H groups in total. The maximum absolute atomic E-state index is 6.16. The largest absolute Gasteiger partial charge is 0.397 e. The van der Waals surface area contributed by atoms with Gasteiger partial charge in [-0.15, -0.1) is 0 Å². The quantitative estimate of drug-likeness (QED) is 0.519. The van der Waals surface area contributed by atoms with Crippen LogP contribution in [0.5, 0.6) is 0 Å². The van der Waals surface area contributed by atoms with Crippen LogP contribution in [0, 0.1) is 0 Å². The number of nitrogens with two attached hydrogens (primary N) is 2. The Hall–Kier alpha value is -2.44. The zero-order valence-corrected chi connectivity index (χ0v) is 14.3. The molecule has 0 aliphatic carbocycles. The van der Waals surface area contributed by atoms with Gasteiger partial charge in [-0.2, -0.15) is 0 Å². The fourth-order valence-electron chi connectivity index (χ4n) is 2.53. The second-order valence-corrected chi connectivity index (χ2v) is 7.44. The Bertz CT molecular complexity index is 964. The first kappa shape index (κ1) is 15.1. The van der Waals surface area contributed by atoms with Crippen molar-refractivity contribution in [3.05, 3.63) is 60.9 Å². The first-order chi connectivity index (χ1) is 11.7. The van der Waals surface area contributed by atoms with Crippen LogP contribution in [0.3, 0.4) is 0 Å². The second-order valence-electron chi connectivity index (χ2n) is 5.29. The molecule has 0 aliphatic heterocycles. The van der Waals surface area contributed by atoms with E-state index in [1.165, 1.54) is 0 Å². The van der Waals surface area contributed by atoms with Gasteiger partial charge in [-0.05, 0) is 33.7 Å². The fourth-order valence-corrected chi connectivity index (χ4v) is 5.14. The molecule has 4 rings (SSSR count). The van der Waals surface area contributed by atoms with Gasteiger partial charge in [0.1, 0.15) is 0 Å². The first-order valence-corrected chi connectivity index (χ1v) is 9.50. The van der Waals surface area contributed by atoms with Crippen molar-refractivity contribution in [2.45, 2.75) is 9.79 Å². The van der Waals surface area contributed by atoms with Crippen molar-refractivity contribution in [1.29, 1.82) is 0 Å². The van der Waals surface area contributed by atoms with Crippen LogP contribution in [-0.2, 0) is 0 Å². The van der Waals surface area contributed by atoms with Crippen molar-refractivity contribution in [2.24, 2.45) is 0 Å². The van der Waals surface area contributed by atoms with E-state index in [9.17, 15) is 0 Å². The van der Waals surface area contributed by atoms with Crippen LogP contribution in [0.1, 0.15) is 0 Å². The molecule has 2 heterocycles. The van der Waals surface area contributed by atoms with Gasteiger partial charge in [-0.1, -0.05) is 36.4 Å². The number of pyridine rings is 2. The average Bonchev–Trinajstić information content (AvgIpc) is 2.62. The lowest BCUT2D eigenvalue weighted by atomic mass is 10.2. The Morgan fingerprint density at radius 2 is 1.04 bits per heavy atom. The number of aromatic nitrogens is 2. The molecule has 0 amide bonds. The first-order valence-electron chi connectivity index (χ1n) is 7.35. The number of nitrogens with zero attached hydrogens (tertiary/aromatic N) is 2. The van der Waals surface area contributed by atoms with Gasteiger partial charge in [-0.3, -0.25) is 9.97 Å². The van der Waals surface area contributed by atoms with Crippen LogP contribution in [0.25, 0.3) is 21.8 Å².